The predicted octanol–water partition coefficient (Wildman–Crippen LogP) is 4.57. The molecule has 0 unspecified atom stereocenters. The Kier molecular flexibility index (Phi) is 4.13. The highest BCUT2D eigenvalue weighted by atomic mass is 16.3. The summed E-state index contributed by atoms with van der Waals surface area (Å²) in [5, 5.41) is 9.98. The van der Waals surface area contributed by atoms with Gasteiger partial charge in [0.05, 0.1) is 0 Å². The summed E-state index contributed by atoms with van der Waals surface area (Å²) in [4.78, 5) is 2.76. The van der Waals surface area contributed by atoms with Crippen molar-refractivity contribution in [1.29, 1.82) is 0 Å². The van der Waals surface area contributed by atoms with Crippen LogP contribution in [-0.4, -0.2) is 29.6 Å². The zero-order valence-corrected chi connectivity index (χ0v) is 14.5. The maximum atomic E-state index is 9.98. The van der Waals surface area contributed by atoms with Crippen LogP contribution < -0.4 is 0 Å². The number of benzene rings is 1. The van der Waals surface area contributed by atoms with Gasteiger partial charge in [-0.15, -0.1) is 0 Å². The largest absolute Gasteiger partial charge is 0.508 e. The van der Waals surface area contributed by atoms with E-state index in [1.54, 1.807) is 0 Å². The minimum absolute atomic E-state index is 0.321. The number of phenols is 1. The van der Waals surface area contributed by atoms with E-state index in [4.69, 9.17) is 0 Å². The van der Waals surface area contributed by atoms with E-state index in [1.807, 2.05) is 18.2 Å². The zero-order valence-electron chi connectivity index (χ0n) is 14.5. The fourth-order valence-electron chi connectivity index (χ4n) is 5.42. The Hall–Kier alpha value is -1.02. The van der Waals surface area contributed by atoms with Gasteiger partial charge in [0.1, 0.15) is 5.75 Å². The second kappa shape index (κ2) is 6.12. The average Bonchev–Trinajstić information content (AvgIpc) is 2.51. The molecule has 2 nitrogen and oxygen atoms in total. The Balaban J connectivity index is 1.56. The summed E-state index contributed by atoms with van der Waals surface area (Å²) in [6.07, 6.45) is 9.64. The van der Waals surface area contributed by atoms with E-state index in [0.29, 0.717) is 11.2 Å². The minimum Gasteiger partial charge on any atom is -0.508 e. The lowest BCUT2D eigenvalue weighted by atomic mass is 9.57. The van der Waals surface area contributed by atoms with Gasteiger partial charge in [-0.05, 0) is 80.5 Å². The van der Waals surface area contributed by atoms with Crippen molar-refractivity contribution in [2.45, 2.75) is 57.3 Å². The first-order valence-electron chi connectivity index (χ1n) is 9.67. The Morgan fingerprint density at radius 2 is 2.09 bits per heavy atom. The Labute approximate surface area is 140 Å². The summed E-state index contributed by atoms with van der Waals surface area (Å²) in [6.45, 7) is 6.28. The molecule has 3 atom stereocenters. The first-order valence-corrected chi connectivity index (χ1v) is 9.67. The molecule has 4 rings (SSSR count). The molecule has 126 valence electrons. The highest BCUT2D eigenvalue weighted by Gasteiger charge is 2.47. The first kappa shape index (κ1) is 15.5. The molecule has 3 fully saturated rings. The zero-order chi connectivity index (χ0) is 15.9. The van der Waals surface area contributed by atoms with Gasteiger partial charge in [0.15, 0.2) is 0 Å². The number of aromatic hydroxyl groups is 1. The molecule has 1 heterocycles. The molecule has 1 aliphatic heterocycles. The number of rotatable bonds is 3. The van der Waals surface area contributed by atoms with Gasteiger partial charge in [0.2, 0.25) is 0 Å². The van der Waals surface area contributed by atoms with Gasteiger partial charge in [0, 0.05) is 18.5 Å². The second-order valence-electron chi connectivity index (χ2n) is 8.59. The molecule has 2 saturated carbocycles. The number of hydrogen-bond donors (Lipinski definition) is 1. The monoisotopic (exact) mass is 313 g/mol. The van der Waals surface area contributed by atoms with Crippen molar-refractivity contribution in [1.82, 2.24) is 4.90 Å². The SMILES string of the molecule is C[C@H]1CC[C@@]2(c3cccc(O)c3)CCN(CC3CCC3)C[C@@H]2C1. The van der Waals surface area contributed by atoms with Crippen molar-refractivity contribution in [2.24, 2.45) is 17.8 Å². The molecule has 1 N–H and O–H groups in total. The summed E-state index contributed by atoms with van der Waals surface area (Å²) in [7, 11) is 0. The molecule has 1 saturated heterocycles. The molecule has 3 aliphatic rings. The fraction of sp³-hybridized carbons (Fsp3) is 0.714. The number of nitrogens with zero attached hydrogens (tertiary/aromatic N) is 1. The molecular formula is C21H31NO. The van der Waals surface area contributed by atoms with E-state index >= 15 is 0 Å². The topological polar surface area (TPSA) is 23.5 Å². The van der Waals surface area contributed by atoms with Crippen LogP contribution in [0.4, 0.5) is 0 Å². The Morgan fingerprint density at radius 3 is 2.83 bits per heavy atom. The molecule has 0 bridgehead atoms. The van der Waals surface area contributed by atoms with Crippen molar-refractivity contribution in [2.75, 3.05) is 19.6 Å². The third kappa shape index (κ3) is 2.91. The third-order valence-corrected chi connectivity index (χ3v) is 7.07. The van der Waals surface area contributed by atoms with Crippen molar-refractivity contribution in [3.8, 4) is 5.75 Å². The highest BCUT2D eigenvalue weighted by molar-refractivity contribution is 5.35. The molecule has 2 aliphatic carbocycles. The number of fused-ring (bicyclic) bond motifs is 1. The van der Waals surface area contributed by atoms with Gasteiger partial charge < -0.3 is 10.0 Å². The van der Waals surface area contributed by atoms with E-state index in [2.05, 4.69) is 17.9 Å². The van der Waals surface area contributed by atoms with Crippen LogP contribution in [-0.2, 0) is 5.41 Å². The standard InChI is InChI=1S/C21H31NO/c1-16-8-9-21(18-6-3-7-20(23)13-18)10-11-22(15-19(21)12-16)14-17-4-2-5-17/h3,6-7,13,16-17,19,23H,2,4-5,8-12,14-15H2,1H3/t16-,19-,21-/m0/s1. The molecule has 2 heteroatoms. The number of phenolic OH excluding ortho intramolecular Hbond substituents is 1. The fourth-order valence-corrected chi connectivity index (χ4v) is 5.42. The van der Waals surface area contributed by atoms with Gasteiger partial charge >= 0.3 is 0 Å². The van der Waals surface area contributed by atoms with Gasteiger partial charge in [-0.1, -0.05) is 25.5 Å². The summed E-state index contributed by atoms with van der Waals surface area (Å²) >= 11 is 0. The summed E-state index contributed by atoms with van der Waals surface area (Å²) < 4.78 is 0. The van der Waals surface area contributed by atoms with Crippen molar-refractivity contribution < 1.29 is 5.11 Å². The lowest BCUT2D eigenvalue weighted by molar-refractivity contribution is 0.0252. The highest BCUT2D eigenvalue weighted by Crippen LogP contribution is 2.51. The van der Waals surface area contributed by atoms with Gasteiger partial charge in [-0.25, -0.2) is 0 Å². The van der Waals surface area contributed by atoms with E-state index in [9.17, 15) is 5.11 Å². The first-order chi connectivity index (χ1) is 11.2. The Bertz CT molecular complexity index is 553. The van der Waals surface area contributed by atoms with Crippen LogP contribution in [0.15, 0.2) is 24.3 Å². The molecule has 1 aromatic rings. The normalized spacial score (nSPS) is 35.5. The Morgan fingerprint density at radius 1 is 1.22 bits per heavy atom. The van der Waals surface area contributed by atoms with Crippen LogP contribution in [0.2, 0.25) is 0 Å². The smallest absolute Gasteiger partial charge is 0.115 e. The van der Waals surface area contributed by atoms with Crippen LogP contribution in [0, 0.1) is 17.8 Å². The van der Waals surface area contributed by atoms with Crippen molar-refractivity contribution >= 4 is 0 Å². The maximum Gasteiger partial charge on any atom is 0.115 e. The van der Waals surface area contributed by atoms with E-state index in [-0.39, 0.29) is 0 Å². The molecule has 23 heavy (non-hydrogen) atoms. The predicted molar refractivity (Wildman–Crippen MR) is 94.7 cm³/mol. The van der Waals surface area contributed by atoms with Crippen LogP contribution in [0.3, 0.4) is 0 Å². The molecule has 0 aromatic heterocycles. The molecule has 1 aromatic carbocycles. The van der Waals surface area contributed by atoms with Crippen LogP contribution in [0.5, 0.6) is 5.75 Å². The van der Waals surface area contributed by atoms with E-state index < -0.39 is 0 Å². The van der Waals surface area contributed by atoms with Crippen LogP contribution in [0.25, 0.3) is 0 Å². The lowest BCUT2D eigenvalue weighted by Crippen LogP contribution is -2.53. The van der Waals surface area contributed by atoms with E-state index in [0.717, 1.165) is 17.8 Å². The number of hydrogen-bond acceptors (Lipinski definition) is 2. The summed E-state index contributed by atoms with van der Waals surface area (Å²) in [6, 6.07) is 8.16. The van der Waals surface area contributed by atoms with Gasteiger partial charge in [0.25, 0.3) is 0 Å². The maximum absolute atomic E-state index is 9.98. The van der Waals surface area contributed by atoms with Crippen molar-refractivity contribution in [3.05, 3.63) is 29.8 Å². The van der Waals surface area contributed by atoms with E-state index in [1.165, 1.54) is 70.1 Å². The quantitative estimate of drug-likeness (QED) is 0.883. The van der Waals surface area contributed by atoms with Crippen molar-refractivity contribution in [3.63, 3.8) is 0 Å². The molecule has 0 spiro atoms. The molecule has 0 radical (unpaired) electrons. The van der Waals surface area contributed by atoms with Crippen LogP contribution in [0.1, 0.15) is 57.4 Å². The lowest BCUT2D eigenvalue weighted by Gasteiger charge is -2.53. The van der Waals surface area contributed by atoms with Gasteiger partial charge in [-0.2, -0.15) is 0 Å². The molecule has 0 amide bonds. The number of likely N-dealkylation sites (tertiary alicyclic amines) is 1. The summed E-state index contributed by atoms with van der Waals surface area (Å²) in [5.41, 5.74) is 1.72. The third-order valence-electron chi connectivity index (χ3n) is 7.07. The summed E-state index contributed by atoms with van der Waals surface area (Å²) in [5.74, 6) is 3.03. The second-order valence-corrected chi connectivity index (χ2v) is 8.59. The minimum atomic E-state index is 0.321. The molecular weight excluding hydrogens is 282 g/mol. The van der Waals surface area contributed by atoms with Gasteiger partial charge in [-0.3, -0.25) is 0 Å². The number of piperidine rings is 1. The average molecular weight is 313 g/mol. The van der Waals surface area contributed by atoms with Crippen LogP contribution >= 0.6 is 0 Å².